The molecule has 0 saturated carbocycles. The van der Waals surface area contributed by atoms with Crippen molar-refractivity contribution in [1.82, 2.24) is 8.97 Å². The Morgan fingerprint density at radius 1 is 0.962 bits per heavy atom. The van der Waals surface area contributed by atoms with Crippen LogP contribution in [0, 0.1) is 13.8 Å². The van der Waals surface area contributed by atoms with Crippen LogP contribution in [-0.4, -0.2) is 19.2 Å². The van der Waals surface area contributed by atoms with Gasteiger partial charge in [-0.3, -0.25) is 0 Å². The summed E-state index contributed by atoms with van der Waals surface area (Å²) < 4.78 is 7.02. The summed E-state index contributed by atoms with van der Waals surface area (Å²) in [4.78, 5) is 0. The van der Waals surface area contributed by atoms with E-state index in [-0.39, 0.29) is 11.5 Å². The van der Waals surface area contributed by atoms with Gasteiger partial charge in [0, 0.05) is 5.56 Å². The van der Waals surface area contributed by atoms with Crippen LogP contribution in [0.3, 0.4) is 0 Å². The van der Waals surface area contributed by atoms with Crippen LogP contribution in [-0.2, 0) is 13.1 Å². The average molecular weight is 348 g/mol. The molecule has 5 heteroatoms. The van der Waals surface area contributed by atoms with Crippen molar-refractivity contribution in [3.63, 3.8) is 0 Å². The van der Waals surface area contributed by atoms with Crippen molar-refractivity contribution in [1.29, 1.82) is 0 Å². The van der Waals surface area contributed by atoms with E-state index in [1.807, 2.05) is 6.07 Å². The fraction of sp³-hybridized carbons (Fsp3) is 0.286. The van der Waals surface area contributed by atoms with Crippen LogP contribution in [0.5, 0.6) is 11.5 Å². The van der Waals surface area contributed by atoms with Gasteiger partial charge in [-0.05, 0) is 68.1 Å². The summed E-state index contributed by atoms with van der Waals surface area (Å²) >= 11 is 0. The Morgan fingerprint density at radius 3 is 2.58 bits per heavy atom. The van der Waals surface area contributed by atoms with E-state index < -0.39 is 0 Å². The molecule has 4 aromatic rings. The number of aromatic hydroxyl groups is 2. The molecule has 2 aromatic carbocycles. The third-order valence-electron chi connectivity index (χ3n) is 5.67. The lowest BCUT2D eigenvalue weighted by atomic mass is 10.1. The van der Waals surface area contributed by atoms with Gasteiger partial charge < -0.3 is 10.2 Å². The highest BCUT2D eigenvalue weighted by Gasteiger charge is 2.28. The third kappa shape index (κ3) is 2.00. The molecule has 0 fully saturated rings. The second-order valence-electron chi connectivity index (χ2n) is 7.32. The molecule has 3 heterocycles. The van der Waals surface area contributed by atoms with Crippen molar-refractivity contribution in [2.45, 2.75) is 39.8 Å². The summed E-state index contributed by atoms with van der Waals surface area (Å²) in [7, 11) is 0. The number of fused-ring (bicyclic) bond motifs is 3. The van der Waals surface area contributed by atoms with Gasteiger partial charge in [0.1, 0.15) is 22.9 Å². The molecule has 0 bridgehead atoms. The summed E-state index contributed by atoms with van der Waals surface area (Å²) in [6.07, 6.45) is 4.42. The molecule has 5 rings (SSSR count). The topological polar surface area (TPSA) is 53.7 Å². The van der Waals surface area contributed by atoms with Crippen molar-refractivity contribution in [3.05, 3.63) is 47.7 Å². The first kappa shape index (κ1) is 15.3. The van der Waals surface area contributed by atoms with Gasteiger partial charge in [-0.15, -0.1) is 0 Å². The number of benzene rings is 2. The minimum atomic E-state index is -0.0885. The minimum Gasteiger partial charge on any atom is -0.504 e. The molecule has 0 spiro atoms. The quantitative estimate of drug-likeness (QED) is 0.407. The average Bonchev–Trinajstić information content (AvgIpc) is 3.01. The molecule has 0 saturated heterocycles. The van der Waals surface area contributed by atoms with Crippen molar-refractivity contribution < 1.29 is 14.8 Å². The number of aromatic nitrogens is 3. The predicted molar refractivity (Wildman–Crippen MR) is 101 cm³/mol. The largest absolute Gasteiger partial charge is 0.504 e. The Bertz CT molecular complexity index is 1180. The summed E-state index contributed by atoms with van der Waals surface area (Å²) in [5.74, 6) is 1.01. The highest BCUT2D eigenvalue weighted by molar-refractivity contribution is 5.79. The normalized spacial score (nSPS) is 14.2. The maximum absolute atomic E-state index is 9.94. The Morgan fingerprint density at radius 2 is 1.77 bits per heavy atom. The predicted octanol–water partition coefficient (Wildman–Crippen LogP) is 3.67. The third-order valence-corrected chi connectivity index (χ3v) is 5.67. The summed E-state index contributed by atoms with van der Waals surface area (Å²) in [6, 6.07) is 9.61. The number of aryl methyl sites for hydroxylation is 4. The van der Waals surface area contributed by atoms with Gasteiger partial charge in [0.05, 0.1) is 13.1 Å². The molecule has 0 unspecified atom stereocenters. The van der Waals surface area contributed by atoms with E-state index in [2.05, 4.69) is 45.7 Å². The number of hydrogen-bond donors (Lipinski definition) is 2. The van der Waals surface area contributed by atoms with Gasteiger partial charge in [0.15, 0.2) is 11.5 Å². The molecular formula is C21H22N3O2+. The Labute approximate surface area is 151 Å². The fourth-order valence-corrected chi connectivity index (χ4v) is 4.14. The smallest absolute Gasteiger partial charge is 0.370 e. The van der Waals surface area contributed by atoms with Gasteiger partial charge in [0.2, 0.25) is 0 Å². The van der Waals surface area contributed by atoms with Gasteiger partial charge in [-0.25, -0.2) is 9.13 Å². The first-order chi connectivity index (χ1) is 12.5. The second kappa shape index (κ2) is 5.27. The molecule has 0 amide bonds. The molecule has 2 N–H and O–H groups in total. The summed E-state index contributed by atoms with van der Waals surface area (Å²) in [5.41, 5.74) is 7.07. The lowest BCUT2D eigenvalue weighted by Crippen LogP contribution is -2.33. The number of hydrogen-bond acceptors (Lipinski definition) is 2. The van der Waals surface area contributed by atoms with Crippen molar-refractivity contribution in [2.24, 2.45) is 0 Å². The molecule has 1 aliphatic heterocycles. The minimum absolute atomic E-state index is 0.0843. The zero-order valence-corrected chi connectivity index (χ0v) is 15.0. The van der Waals surface area contributed by atoms with Crippen LogP contribution in [0.15, 0.2) is 36.5 Å². The van der Waals surface area contributed by atoms with Crippen molar-refractivity contribution in [3.8, 4) is 22.8 Å². The molecule has 0 aliphatic carbocycles. The zero-order valence-electron chi connectivity index (χ0n) is 15.0. The van der Waals surface area contributed by atoms with E-state index in [4.69, 9.17) is 0 Å². The first-order valence-corrected chi connectivity index (χ1v) is 9.11. The Balaban J connectivity index is 1.88. The monoisotopic (exact) mass is 348 g/mol. The molecule has 26 heavy (non-hydrogen) atoms. The molecule has 2 aromatic heterocycles. The van der Waals surface area contributed by atoms with Crippen molar-refractivity contribution >= 4 is 16.8 Å². The summed E-state index contributed by atoms with van der Waals surface area (Å²) in [5, 5.41) is 19.6. The van der Waals surface area contributed by atoms with E-state index in [1.165, 1.54) is 27.9 Å². The zero-order chi connectivity index (χ0) is 18.0. The van der Waals surface area contributed by atoms with Crippen LogP contribution in [0.25, 0.3) is 28.1 Å². The Kier molecular flexibility index (Phi) is 3.11. The van der Waals surface area contributed by atoms with Crippen LogP contribution in [0.4, 0.5) is 0 Å². The van der Waals surface area contributed by atoms with Crippen LogP contribution in [0.1, 0.15) is 24.0 Å². The molecule has 1 aliphatic rings. The number of imidazole rings is 2. The molecule has 0 atom stereocenters. The van der Waals surface area contributed by atoms with E-state index in [0.29, 0.717) is 0 Å². The number of rotatable bonds is 1. The standard InChI is InChI=1S/C21H21N3O2/c1-13-9-16-17(10-14(13)2)24-12-18(15-5-6-19(25)20(26)11-15)23-8-4-3-7-22(16)21(23)24/h5-6,9-12H,3-4,7-8H2,1-2H3,(H-,25,26)/p+1. The summed E-state index contributed by atoms with van der Waals surface area (Å²) in [6.45, 7) is 6.28. The van der Waals surface area contributed by atoms with Crippen LogP contribution < -0.4 is 4.57 Å². The lowest BCUT2D eigenvalue weighted by Gasteiger charge is -2.04. The first-order valence-electron chi connectivity index (χ1n) is 9.11. The number of nitrogens with zero attached hydrogens (tertiary/aromatic N) is 3. The van der Waals surface area contributed by atoms with Crippen LogP contribution >= 0.6 is 0 Å². The van der Waals surface area contributed by atoms with E-state index in [1.54, 1.807) is 12.1 Å². The molecular weight excluding hydrogens is 326 g/mol. The maximum atomic E-state index is 9.94. The molecule has 0 radical (unpaired) electrons. The van der Waals surface area contributed by atoms with Crippen molar-refractivity contribution in [2.75, 3.05) is 0 Å². The SMILES string of the molecule is Cc1cc2c(cc1C)[n+]1c3n(c(-c4ccc(O)c(O)c4)cn23)CCCC1. The van der Waals surface area contributed by atoms with E-state index >= 15 is 0 Å². The van der Waals surface area contributed by atoms with Gasteiger partial charge in [-0.1, -0.05) is 0 Å². The molecule has 5 nitrogen and oxygen atoms in total. The van der Waals surface area contributed by atoms with E-state index in [9.17, 15) is 10.2 Å². The Hall–Kier alpha value is -2.95. The highest BCUT2D eigenvalue weighted by atomic mass is 16.3. The van der Waals surface area contributed by atoms with Gasteiger partial charge >= 0.3 is 5.78 Å². The van der Waals surface area contributed by atoms with E-state index in [0.717, 1.165) is 37.2 Å². The highest BCUT2D eigenvalue weighted by Crippen LogP contribution is 2.33. The lowest BCUT2D eigenvalue weighted by molar-refractivity contribution is -0.647. The van der Waals surface area contributed by atoms with Gasteiger partial charge in [-0.2, -0.15) is 4.40 Å². The number of phenolic OH excluding ortho intramolecular Hbond substituents is 2. The van der Waals surface area contributed by atoms with Crippen LogP contribution in [0.2, 0.25) is 0 Å². The number of phenols is 2. The molecule has 132 valence electrons. The van der Waals surface area contributed by atoms with Gasteiger partial charge in [0.25, 0.3) is 0 Å². The fourth-order valence-electron chi connectivity index (χ4n) is 4.14. The second-order valence-corrected chi connectivity index (χ2v) is 7.32. The maximum Gasteiger partial charge on any atom is 0.370 e.